The third kappa shape index (κ3) is 7.04. The number of aromatic nitrogens is 2. The van der Waals surface area contributed by atoms with E-state index >= 15 is 0 Å². The number of carbonyl (C=O) groups is 1. The number of hydrogen-bond acceptors (Lipinski definition) is 9. The van der Waals surface area contributed by atoms with Crippen molar-refractivity contribution in [2.45, 2.75) is 37.6 Å². The minimum Gasteiger partial charge on any atom is -0.494 e. The summed E-state index contributed by atoms with van der Waals surface area (Å²) in [6.45, 7) is 2.06. The van der Waals surface area contributed by atoms with Gasteiger partial charge in [0.25, 0.3) is 5.69 Å². The van der Waals surface area contributed by atoms with Gasteiger partial charge in [0.15, 0.2) is 5.16 Å². The fourth-order valence-electron chi connectivity index (χ4n) is 3.42. The van der Waals surface area contributed by atoms with Gasteiger partial charge in [-0.15, -0.1) is 0 Å². The molecule has 0 saturated carbocycles. The van der Waals surface area contributed by atoms with Gasteiger partial charge in [-0.3, -0.25) is 19.5 Å². The van der Waals surface area contributed by atoms with E-state index < -0.39 is 17.0 Å². The summed E-state index contributed by atoms with van der Waals surface area (Å²) in [4.78, 5) is 26.8. The van der Waals surface area contributed by atoms with E-state index in [0.717, 1.165) is 16.4 Å². The van der Waals surface area contributed by atoms with E-state index in [1.807, 2.05) is 35.0 Å². The third-order valence-electron chi connectivity index (χ3n) is 5.04. The summed E-state index contributed by atoms with van der Waals surface area (Å²) in [6.07, 6.45) is 2.44. The molecule has 2 N–H and O–H groups in total. The summed E-state index contributed by atoms with van der Waals surface area (Å²) in [7, 11) is 0. The summed E-state index contributed by atoms with van der Waals surface area (Å²) in [6, 6.07) is 11.7. The van der Waals surface area contributed by atoms with Gasteiger partial charge in [0.2, 0.25) is 0 Å². The van der Waals surface area contributed by atoms with Crippen LogP contribution in [0.2, 0.25) is 0 Å². The Labute approximate surface area is 206 Å². The molecule has 0 bridgehead atoms. The number of imidazole rings is 1. The normalized spacial score (nSPS) is 11.7. The number of ether oxygens (including phenoxy) is 2. The van der Waals surface area contributed by atoms with Gasteiger partial charge in [0, 0.05) is 29.8 Å². The van der Waals surface area contributed by atoms with Crippen LogP contribution in [0.5, 0.6) is 5.75 Å². The number of esters is 1. The van der Waals surface area contributed by atoms with Gasteiger partial charge in [0.1, 0.15) is 5.75 Å². The molecule has 11 heteroatoms. The number of benzene rings is 2. The molecule has 0 radical (unpaired) electrons. The molecule has 1 heterocycles. The highest BCUT2D eigenvalue weighted by Gasteiger charge is 2.24. The molecule has 3 aromatic rings. The van der Waals surface area contributed by atoms with Crippen LogP contribution < -0.4 is 4.74 Å². The van der Waals surface area contributed by atoms with Crippen molar-refractivity contribution in [2.24, 2.45) is 0 Å². The number of aliphatic hydroxyl groups is 2. The number of nitro benzene ring substituents is 1. The van der Waals surface area contributed by atoms with Gasteiger partial charge < -0.3 is 19.7 Å². The molecule has 10 nitrogen and oxygen atoms in total. The van der Waals surface area contributed by atoms with Gasteiger partial charge in [-0.2, -0.15) is 0 Å². The summed E-state index contributed by atoms with van der Waals surface area (Å²) >= 11 is 1.54. The minimum absolute atomic E-state index is 0.000459. The van der Waals surface area contributed by atoms with E-state index in [2.05, 4.69) is 4.98 Å². The second kappa shape index (κ2) is 12.9. The van der Waals surface area contributed by atoms with E-state index in [4.69, 9.17) is 9.47 Å². The predicted octanol–water partition coefficient (Wildman–Crippen LogP) is 3.82. The summed E-state index contributed by atoms with van der Waals surface area (Å²) in [5, 5.41) is 32.1. The number of thioether (sulfide) groups is 1. The maximum atomic E-state index is 11.7. The molecule has 0 saturated heterocycles. The highest BCUT2D eigenvalue weighted by molar-refractivity contribution is 7.99. The fourth-order valence-corrected chi connectivity index (χ4v) is 4.29. The molecular weight excluding hydrogens is 474 g/mol. The van der Waals surface area contributed by atoms with Crippen molar-refractivity contribution in [3.8, 4) is 11.4 Å². The van der Waals surface area contributed by atoms with Crippen molar-refractivity contribution in [1.82, 2.24) is 9.55 Å². The molecule has 0 aliphatic heterocycles. The Bertz CT molecular complexity index is 1150. The predicted molar refractivity (Wildman–Crippen MR) is 130 cm³/mol. The Morgan fingerprint density at radius 1 is 1.29 bits per heavy atom. The molecule has 1 aromatic heterocycles. The zero-order valence-corrected chi connectivity index (χ0v) is 20.0. The van der Waals surface area contributed by atoms with Gasteiger partial charge >= 0.3 is 5.97 Å². The van der Waals surface area contributed by atoms with Crippen molar-refractivity contribution in [1.29, 1.82) is 0 Å². The second-order valence-electron chi connectivity index (χ2n) is 7.42. The van der Waals surface area contributed by atoms with Crippen LogP contribution in [0.15, 0.2) is 60.0 Å². The molecule has 0 spiro atoms. The summed E-state index contributed by atoms with van der Waals surface area (Å²) in [5.74, 6) is 0.415. The highest BCUT2D eigenvalue weighted by Crippen LogP contribution is 2.31. The molecule has 2 aromatic carbocycles. The zero-order chi connectivity index (χ0) is 25.2. The monoisotopic (exact) mass is 501 g/mol. The van der Waals surface area contributed by atoms with Crippen molar-refractivity contribution >= 4 is 23.4 Å². The Balaban J connectivity index is 1.57. The van der Waals surface area contributed by atoms with Crippen LogP contribution in [0.25, 0.3) is 5.69 Å². The van der Waals surface area contributed by atoms with E-state index in [1.54, 1.807) is 13.1 Å². The highest BCUT2D eigenvalue weighted by atomic mass is 32.2. The van der Waals surface area contributed by atoms with Crippen molar-refractivity contribution in [2.75, 3.05) is 19.0 Å². The lowest BCUT2D eigenvalue weighted by atomic mass is 10.0. The molecule has 0 aliphatic rings. The second-order valence-corrected chi connectivity index (χ2v) is 8.48. The number of rotatable bonds is 13. The fraction of sp³-hybridized carbons (Fsp3) is 0.333. The molecule has 0 amide bonds. The maximum absolute atomic E-state index is 11.7. The van der Waals surface area contributed by atoms with E-state index in [-0.39, 0.29) is 30.9 Å². The number of nitro groups is 1. The minimum atomic E-state index is -1.38. The largest absolute Gasteiger partial charge is 0.494 e. The van der Waals surface area contributed by atoms with Crippen molar-refractivity contribution in [3.05, 3.63) is 76.1 Å². The van der Waals surface area contributed by atoms with Crippen LogP contribution in [-0.2, 0) is 16.1 Å². The number of carbonyl (C=O) groups excluding carboxylic acids is 1. The van der Waals surface area contributed by atoms with Crippen LogP contribution in [0.1, 0.15) is 37.0 Å². The number of hydrogen-bond donors (Lipinski definition) is 2. The first-order chi connectivity index (χ1) is 16.9. The molecule has 1 unspecified atom stereocenters. The summed E-state index contributed by atoms with van der Waals surface area (Å²) in [5.41, 5.74) is 1.38. The van der Waals surface area contributed by atoms with Crippen LogP contribution in [0, 0.1) is 10.1 Å². The van der Waals surface area contributed by atoms with Gasteiger partial charge in [0.05, 0.1) is 48.5 Å². The van der Waals surface area contributed by atoms with Crippen molar-refractivity contribution in [3.63, 3.8) is 0 Å². The molecule has 35 heavy (non-hydrogen) atoms. The Kier molecular flexibility index (Phi) is 9.65. The molecule has 0 fully saturated rings. The Hall–Kier alpha value is -3.41. The molecule has 186 valence electrons. The maximum Gasteiger partial charge on any atom is 0.308 e. The van der Waals surface area contributed by atoms with Crippen LogP contribution in [0.4, 0.5) is 5.69 Å². The first kappa shape index (κ1) is 26.2. The number of aliphatic hydroxyl groups excluding tert-OH is 2. The molecule has 0 aliphatic carbocycles. The first-order valence-corrected chi connectivity index (χ1v) is 12.0. The first-order valence-electron chi connectivity index (χ1n) is 11.0. The Morgan fingerprint density at radius 2 is 2.09 bits per heavy atom. The van der Waals surface area contributed by atoms with Crippen LogP contribution in [-0.4, -0.2) is 49.6 Å². The van der Waals surface area contributed by atoms with E-state index in [0.29, 0.717) is 24.5 Å². The van der Waals surface area contributed by atoms with Gasteiger partial charge in [-0.1, -0.05) is 30.0 Å². The number of para-hydroxylation sites is 1. The lowest BCUT2D eigenvalue weighted by molar-refractivity contribution is -0.386. The molecular formula is C24H27N3O7S. The SMILES string of the molecule is CCOC(=O)CC(O)c1cc(OCCCSc2nccn2-c2ccccc2CO)ccc1[N+](=O)[O-]. The average Bonchev–Trinajstić information content (AvgIpc) is 3.32. The number of nitrogens with zero attached hydrogens (tertiary/aromatic N) is 3. The van der Waals surface area contributed by atoms with Gasteiger partial charge in [-0.05, 0) is 31.5 Å². The average molecular weight is 502 g/mol. The lowest BCUT2D eigenvalue weighted by Gasteiger charge is -2.13. The smallest absolute Gasteiger partial charge is 0.308 e. The van der Waals surface area contributed by atoms with Crippen molar-refractivity contribution < 1.29 is 29.4 Å². The van der Waals surface area contributed by atoms with Crippen LogP contribution >= 0.6 is 11.8 Å². The molecule has 3 rings (SSSR count). The van der Waals surface area contributed by atoms with E-state index in [1.165, 1.54) is 30.0 Å². The zero-order valence-electron chi connectivity index (χ0n) is 19.2. The van der Waals surface area contributed by atoms with E-state index in [9.17, 15) is 25.1 Å². The standard InChI is InChI=1S/C24H27N3O7S/c1-2-33-23(30)15-22(29)19-14-18(8-9-21(19)27(31)32)34-12-5-13-35-24-25-10-11-26(24)20-7-4-3-6-17(20)16-28/h3-4,6-11,14,22,28-29H,2,5,12-13,15-16H2,1H3. The molecule has 1 atom stereocenters. The quantitative estimate of drug-likeness (QED) is 0.118. The lowest BCUT2D eigenvalue weighted by Crippen LogP contribution is -2.11. The Morgan fingerprint density at radius 3 is 2.83 bits per heavy atom. The van der Waals surface area contributed by atoms with Gasteiger partial charge in [-0.25, -0.2) is 4.98 Å². The summed E-state index contributed by atoms with van der Waals surface area (Å²) < 4.78 is 12.5. The third-order valence-corrected chi connectivity index (χ3v) is 6.09. The topological polar surface area (TPSA) is 137 Å². The van der Waals surface area contributed by atoms with Crippen LogP contribution in [0.3, 0.4) is 0 Å².